The molecule has 0 unspecified atom stereocenters. The van der Waals surface area contributed by atoms with E-state index in [1.165, 1.54) is 0 Å². The van der Waals surface area contributed by atoms with Gasteiger partial charge >= 0.3 is 12.1 Å². The first-order valence-electron chi connectivity index (χ1n) is 7.49. The molecule has 0 atom stereocenters. The number of esters is 1. The average Bonchev–Trinajstić information content (AvgIpc) is 2.35. The smallest absolute Gasteiger partial charge is 0.401 e. The van der Waals surface area contributed by atoms with Crippen LogP contribution in [-0.4, -0.2) is 30.8 Å². The minimum absolute atomic E-state index is 0.102. The predicted molar refractivity (Wildman–Crippen MR) is 74.8 cm³/mol. The van der Waals surface area contributed by atoms with Crippen molar-refractivity contribution in [2.75, 3.05) is 13.2 Å². The van der Waals surface area contributed by atoms with Gasteiger partial charge in [0.1, 0.15) is 5.54 Å². The van der Waals surface area contributed by atoms with E-state index in [-0.39, 0.29) is 12.0 Å². The molecule has 21 heavy (non-hydrogen) atoms. The molecule has 1 fully saturated rings. The van der Waals surface area contributed by atoms with Gasteiger partial charge in [-0.1, -0.05) is 20.8 Å². The maximum absolute atomic E-state index is 12.5. The Morgan fingerprint density at radius 1 is 1.24 bits per heavy atom. The lowest BCUT2D eigenvalue weighted by Gasteiger charge is -2.43. The summed E-state index contributed by atoms with van der Waals surface area (Å²) in [6.45, 7) is 7.05. The fourth-order valence-corrected chi connectivity index (χ4v) is 2.97. The number of hydrogen-bond donors (Lipinski definition) is 1. The minimum Gasteiger partial charge on any atom is -0.465 e. The molecule has 0 amide bonds. The number of nitrogens with one attached hydrogen (secondary N) is 1. The van der Waals surface area contributed by atoms with Crippen molar-refractivity contribution in [1.82, 2.24) is 5.32 Å². The van der Waals surface area contributed by atoms with Gasteiger partial charge in [-0.05, 0) is 43.9 Å². The zero-order valence-corrected chi connectivity index (χ0v) is 13.3. The first-order chi connectivity index (χ1) is 9.50. The molecule has 1 N–H and O–H groups in total. The van der Waals surface area contributed by atoms with Gasteiger partial charge in [-0.25, -0.2) is 0 Å². The maximum atomic E-state index is 12.5. The molecular weight excluding hydrogens is 283 g/mol. The van der Waals surface area contributed by atoms with E-state index in [0.29, 0.717) is 18.8 Å². The monoisotopic (exact) mass is 309 g/mol. The standard InChI is InChI=1S/C15H26F3NO2/c1-5-21-12(20)14(19-10-15(16,17)18)8-6-11(7-9-14)13(2,3)4/h11,19H,5-10H2,1-4H3. The number of rotatable bonds is 4. The Labute approximate surface area is 124 Å². The van der Waals surface area contributed by atoms with Gasteiger partial charge in [-0.3, -0.25) is 10.1 Å². The molecule has 0 bridgehead atoms. The Morgan fingerprint density at radius 3 is 2.14 bits per heavy atom. The van der Waals surface area contributed by atoms with Gasteiger partial charge in [0.15, 0.2) is 0 Å². The summed E-state index contributed by atoms with van der Waals surface area (Å²) in [5.41, 5.74) is -1.09. The third-order valence-corrected chi connectivity index (χ3v) is 4.36. The molecule has 1 rings (SSSR count). The van der Waals surface area contributed by atoms with Crippen molar-refractivity contribution in [2.45, 2.75) is 65.1 Å². The molecular formula is C15H26F3NO2. The van der Waals surface area contributed by atoms with Crippen LogP contribution in [0.15, 0.2) is 0 Å². The number of alkyl halides is 3. The van der Waals surface area contributed by atoms with Crippen molar-refractivity contribution in [3.05, 3.63) is 0 Å². The van der Waals surface area contributed by atoms with Crippen LogP contribution in [0.5, 0.6) is 0 Å². The second-order valence-corrected chi connectivity index (χ2v) is 6.91. The number of halogens is 3. The second-order valence-electron chi connectivity index (χ2n) is 6.91. The fourth-order valence-electron chi connectivity index (χ4n) is 2.97. The van der Waals surface area contributed by atoms with Crippen molar-refractivity contribution in [3.8, 4) is 0 Å². The van der Waals surface area contributed by atoms with Gasteiger partial charge in [0.2, 0.25) is 0 Å². The lowest BCUT2D eigenvalue weighted by molar-refractivity contribution is -0.158. The van der Waals surface area contributed by atoms with E-state index in [1.54, 1.807) is 6.92 Å². The summed E-state index contributed by atoms with van der Waals surface area (Å²) in [7, 11) is 0. The molecule has 1 saturated carbocycles. The van der Waals surface area contributed by atoms with Crippen LogP contribution < -0.4 is 5.32 Å². The van der Waals surface area contributed by atoms with E-state index >= 15 is 0 Å². The van der Waals surface area contributed by atoms with E-state index in [1.807, 2.05) is 0 Å². The molecule has 6 heteroatoms. The fraction of sp³-hybridized carbons (Fsp3) is 0.933. The first kappa shape index (κ1) is 18.3. The highest BCUT2D eigenvalue weighted by Gasteiger charge is 2.46. The summed E-state index contributed by atoms with van der Waals surface area (Å²) in [5, 5.41) is 2.43. The molecule has 3 nitrogen and oxygen atoms in total. The van der Waals surface area contributed by atoms with Gasteiger partial charge in [-0.2, -0.15) is 13.2 Å². The van der Waals surface area contributed by atoms with Gasteiger partial charge in [0.05, 0.1) is 13.2 Å². The van der Waals surface area contributed by atoms with Gasteiger partial charge in [0, 0.05) is 0 Å². The third-order valence-electron chi connectivity index (χ3n) is 4.36. The highest BCUT2D eigenvalue weighted by atomic mass is 19.4. The van der Waals surface area contributed by atoms with E-state index in [2.05, 4.69) is 26.1 Å². The lowest BCUT2D eigenvalue weighted by Crippen LogP contribution is -2.57. The zero-order valence-electron chi connectivity index (χ0n) is 13.3. The zero-order chi connectivity index (χ0) is 16.3. The molecule has 0 radical (unpaired) electrons. The molecule has 1 aliphatic carbocycles. The van der Waals surface area contributed by atoms with Crippen molar-refractivity contribution in [3.63, 3.8) is 0 Å². The first-order valence-corrected chi connectivity index (χ1v) is 7.49. The summed E-state index contributed by atoms with van der Waals surface area (Å²) in [6.07, 6.45) is -2.09. The second kappa shape index (κ2) is 6.55. The summed E-state index contributed by atoms with van der Waals surface area (Å²) in [6, 6.07) is 0. The Bertz CT molecular complexity index is 353. The number of carbonyl (C=O) groups is 1. The topological polar surface area (TPSA) is 38.3 Å². The number of hydrogen-bond acceptors (Lipinski definition) is 3. The Hall–Kier alpha value is -0.780. The maximum Gasteiger partial charge on any atom is 0.401 e. The van der Waals surface area contributed by atoms with E-state index in [0.717, 1.165) is 12.8 Å². The van der Waals surface area contributed by atoms with Crippen LogP contribution >= 0.6 is 0 Å². The molecule has 0 saturated heterocycles. The Kier molecular flexibility index (Phi) is 5.69. The molecule has 0 aromatic rings. The average molecular weight is 309 g/mol. The van der Waals surface area contributed by atoms with Crippen molar-refractivity contribution in [1.29, 1.82) is 0 Å². The summed E-state index contributed by atoms with van der Waals surface area (Å²) in [5.74, 6) is -0.144. The quantitative estimate of drug-likeness (QED) is 0.805. The molecule has 0 heterocycles. The normalized spacial score (nSPS) is 27.5. The van der Waals surface area contributed by atoms with Crippen molar-refractivity contribution in [2.24, 2.45) is 11.3 Å². The molecule has 0 aromatic carbocycles. The predicted octanol–water partition coefficient (Wildman–Crippen LogP) is 3.68. The molecule has 1 aliphatic rings. The largest absolute Gasteiger partial charge is 0.465 e. The number of ether oxygens (including phenoxy) is 1. The SMILES string of the molecule is CCOC(=O)C1(NCC(F)(F)F)CCC(C(C)(C)C)CC1. The van der Waals surface area contributed by atoms with Crippen LogP contribution in [0, 0.1) is 11.3 Å². The Balaban J connectivity index is 2.79. The van der Waals surface area contributed by atoms with Crippen molar-refractivity contribution >= 4 is 5.97 Å². The van der Waals surface area contributed by atoms with E-state index in [4.69, 9.17) is 4.74 Å². The molecule has 124 valence electrons. The van der Waals surface area contributed by atoms with Gasteiger partial charge < -0.3 is 4.74 Å². The van der Waals surface area contributed by atoms with Gasteiger partial charge in [0.25, 0.3) is 0 Å². The highest BCUT2D eigenvalue weighted by molar-refractivity contribution is 5.81. The summed E-state index contributed by atoms with van der Waals surface area (Å²) >= 11 is 0. The van der Waals surface area contributed by atoms with Crippen LogP contribution in [0.3, 0.4) is 0 Å². The molecule has 0 aliphatic heterocycles. The lowest BCUT2D eigenvalue weighted by atomic mass is 9.67. The van der Waals surface area contributed by atoms with Crippen LogP contribution in [-0.2, 0) is 9.53 Å². The third kappa shape index (κ3) is 5.16. The van der Waals surface area contributed by atoms with Gasteiger partial charge in [-0.15, -0.1) is 0 Å². The van der Waals surface area contributed by atoms with E-state index in [9.17, 15) is 18.0 Å². The Morgan fingerprint density at radius 2 is 1.76 bits per heavy atom. The van der Waals surface area contributed by atoms with Crippen molar-refractivity contribution < 1.29 is 22.7 Å². The highest BCUT2D eigenvalue weighted by Crippen LogP contribution is 2.42. The van der Waals surface area contributed by atoms with E-state index < -0.39 is 24.2 Å². The van der Waals surface area contributed by atoms with Crippen LogP contribution in [0.4, 0.5) is 13.2 Å². The molecule has 0 aromatic heterocycles. The minimum atomic E-state index is -4.33. The summed E-state index contributed by atoms with van der Waals surface area (Å²) in [4.78, 5) is 12.1. The summed E-state index contributed by atoms with van der Waals surface area (Å²) < 4.78 is 42.4. The van der Waals surface area contributed by atoms with Crippen LogP contribution in [0.25, 0.3) is 0 Å². The van der Waals surface area contributed by atoms with Crippen LogP contribution in [0.1, 0.15) is 53.4 Å². The van der Waals surface area contributed by atoms with Crippen LogP contribution in [0.2, 0.25) is 0 Å². The number of carbonyl (C=O) groups excluding carboxylic acids is 1. The molecule has 0 spiro atoms.